The van der Waals surface area contributed by atoms with Crippen molar-refractivity contribution in [2.45, 2.75) is 0 Å². The standard InChI is InChI=1S/C13H6BrF3N2S/c14-7-5-6(1-2-8(7)15)19-12-10(18-13(19)20)4-3-9(16)11(12)17/h1-5H,(H,18,20). The number of aromatic amines is 1. The number of rotatable bonds is 1. The first-order valence-corrected chi connectivity index (χ1v) is 6.73. The van der Waals surface area contributed by atoms with Crippen molar-refractivity contribution < 1.29 is 13.2 Å². The lowest BCUT2D eigenvalue weighted by Crippen LogP contribution is -1.98. The lowest BCUT2D eigenvalue weighted by Gasteiger charge is -2.06. The molecule has 3 aromatic rings. The number of nitrogens with zero attached hydrogens (tertiary/aromatic N) is 1. The maximum absolute atomic E-state index is 14.0. The van der Waals surface area contributed by atoms with Gasteiger partial charge >= 0.3 is 0 Å². The van der Waals surface area contributed by atoms with Crippen LogP contribution in [0.15, 0.2) is 34.8 Å². The second-order valence-electron chi connectivity index (χ2n) is 4.12. The van der Waals surface area contributed by atoms with Gasteiger partial charge in [-0.15, -0.1) is 0 Å². The fourth-order valence-electron chi connectivity index (χ4n) is 2.00. The summed E-state index contributed by atoms with van der Waals surface area (Å²) in [6.45, 7) is 0. The van der Waals surface area contributed by atoms with E-state index >= 15 is 0 Å². The molecule has 0 aliphatic carbocycles. The van der Waals surface area contributed by atoms with Crippen molar-refractivity contribution in [3.63, 3.8) is 0 Å². The molecule has 1 aromatic heterocycles. The van der Waals surface area contributed by atoms with E-state index in [2.05, 4.69) is 20.9 Å². The van der Waals surface area contributed by atoms with Gasteiger partial charge in [0.2, 0.25) is 0 Å². The molecule has 2 nitrogen and oxygen atoms in total. The zero-order valence-electron chi connectivity index (χ0n) is 9.75. The van der Waals surface area contributed by atoms with Crippen LogP contribution in [0.1, 0.15) is 0 Å². The maximum Gasteiger partial charge on any atom is 0.184 e. The monoisotopic (exact) mass is 358 g/mol. The molecular weight excluding hydrogens is 353 g/mol. The average Bonchev–Trinajstić information content (AvgIpc) is 2.74. The summed E-state index contributed by atoms with van der Waals surface area (Å²) < 4.78 is 42.4. The van der Waals surface area contributed by atoms with E-state index in [1.54, 1.807) is 0 Å². The predicted molar refractivity (Wildman–Crippen MR) is 76.0 cm³/mol. The van der Waals surface area contributed by atoms with Gasteiger partial charge in [-0.1, -0.05) is 0 Å². The number of fused-ring (bicyclic) bond motifs is 1. The maximum atomic E-state index is 14.0. The van der Waals surface area contributed by atoms with E-state index in [0.29, 0.717) is 11.2 Å². The summed E-state index contributed by atoms with van der Waals surface area (Å²) >= 11 is 8.18. The van der Waals surface area contributed by atoms with E-state index in [4.69, 9.17) is 12.2 Å². The number of nitrogens with one attached hydrogen (secondary N) is 1. The molecule has 0 spiro atoms. The third-order valence-electron chi connectivity index (χ3n) is 2.90. The Bertz CT molecular complexity index is 885. The molecule has 20 heavy (non-hydrogen) atoms. The number of halogens is 4. The highest BCUT2D eigenvalue weighted by Crippen LogP contribution is 2.26. The fraction of sp³-hybridized carbons (Fsp3) is 0. The highest BCUT2D eigenvalue weighted by molar-refractivity contribution is 9.10. The van der Waals surface area contributed by atoms with Gasteiger partial charge in [-0.25, -0.2) is 13.2 Å². The summed E-state index contributed by atoms with van der Waals surface area (Å²) in [7, 11) is 0. The summed E-state index contributed by atoms with van der Waals surface area (Å²) in [4.78, 5) is 2.79. The van der Waals surface area contributed by atoms with Crippen molar-refractivity contribution in [2.24, 2.45) is 0 Å². The molecule has 0 fully saturated rings. The zero-order valence-corrected chi connectivity index (χ0v) is 12.2. The van der Waals surface area contributed by atoms with Crippen molar-refractivity contribution in [3.8, 4) is 5.69 Å². The number of imidazole rings is 1. The third kappa shape index (κ3) is 1.97. The smallest absolute Gasteiger partial charge is 0.184 e. The van der Waals surface area contributed by atoms with Crippen LogP contribution < -0.4 is 0 Å². The average molecular weight is 359 g/mol. The lowest BCUT2D eigenvalue weighted by atomic mass is 10.2. The van der Waals surface area contributed by atoms with E-state index in [1.807, 2.05) is 0 Å². The molecule has 3 rings (SSSR count). The number of aromatic nitrogens is 2. The first-order valence-electron chi connectivity index (χ1n) is 5.53. The molecule has 0 bridgehead atoms. The number of H-pyrrole nitrogens is 1. The van der Waals surface area contributed by atoms with Gasteiger partial charge in [-0.2, -0.15) is 0 Å². The van der Waals surface area contributed by atoms with Crippen molar-refractivity contribution in [2.75, 3.05) is 0 Å². The molecule has 0 aliphatic rings. The van der Waals surface area contributed by atoms with Crippen molar-refractivity contribution in [1.29, 1.82) is 0 Å². The number of hydrogen-bond acceptors (Lipinski definition) is 1. The molecule has 0 aliphatic heterocycles. The summed E-state index contributed by atoms with van der Waals surface area (Å²) in [5.41, 5.74) is 0.793. The summed E-state index contributed by atoms with van der Waals surface area (Å²) in [6.07, 6.45) is 0. The van der Waals surface area contributed by atoms with Crippen LogP contribution in [-0.4, -0.2) is 9.55 Å². The molecule has 2 aromatic carbocycles. The van der Waals surface area contributed by atoms with Gasteiger partial charge in [0, 0.05) is 5.69 Å². The zero-order chi connectivity index (χ0) is 14.4. The molecule has 0 radical (unpaired) electrons. The highest BCUT2D eigenvalue weighted by Gasteiger charge is 2.15. The molecule has 102 valence electrons. The normalized spacial score (nSPS) is 11.2. The van der Waals surface area contributed by atoms with Gasteiger partial charge in [0.05, 0.1) is 9.99 Å². The Morgan fingerprint density at radius 1 is 1.05 bits per heavy atom. The van der Waals surface area contributed by atoms with E-state index in [9.17, 15) is 13.2 Å². The van der Waals surface area contributed by atoms with Gasteiger partial charge in [0.15, 0.2) is 16.4 Å². The molecule has 1 N–H and O–H groups in total. The first kappa shape index (κ1) is 13.4. The van der Waals surface area contributed by atoms with E-state index in [-0.39, 0.29) is 14.8 Å². The minimum Gasteiger partial charge on any atom is -0.330 e. The van der Waals surface area contributed by atoms with Crippen molar-refractivity contribution >= 4 is 39.2 Å². The molecule has 7 heteroatoms. The van der Waals surface area contributed by atoms with Crippen LogP contribution in [0.5, 0.6) is 0 Å². The van der Waals surface area contributed by atoms with Crippen LogP contribution in [0.4, 0.5) is 13.2 Å². The highest BCUT2D eigenvalue weighted by atomic mass is 79.9. The van der Waals surface area contributed by atoms with E-state index in [1.165, 1.54) is 28.8 Å². The van der Waals surface area contributed by atoms with Crippen LogP contribution in [0.3, 0.4) is 0 Å². The topological polar surface area (TPSA) is 20.7 Å². The SMILES string of the molecule is Fc1ccc(-n2c(=S)[nH]c3ccc(F)c(F)c32)cc1Br. The molecular formula is C13H6BrF3N2S. The van der Waals surface area contributed by atoms with Gasteiger partial charge in [-0.3, -0.25) is 4.57 Å². The van der Waals surface area contributed by atoms with Crippen LogP contribution in [0, 0.1) is 22.2 Å². The lowest BCUT2D eigenvalue weighted by molar-refractivity contribution is 0.514. The molecule has 0 saturated heterocycles. The Morgan fingerprint density at radius 2 is 1.75 bits per heavy atom. The molecule has 0 amide bonds. The Balaban J connectivity index is 2.41. The Morgan fingerprint density at radius 3 is 2.45 bits per heavy atom. The van der Waals surface area contributed by atoms with Crippen LogP contribution in [0.25, 0.3) is 16.7 Å². The Kier molecular flexibility index (Phi) is 3.18. The third-order valence-corrected chi connectivity index (χ3v) is 3.79. The molecule has 0 atom stereocenters. The van der Waals surface area contributed by atoms with Crippen LogP contribution in [0.2, 0.25) is 0 Å². The van der Waals surface area contributed by atoms with Gasteiger partial charge in [0.25, 0.3) is 0 Å². The van der Waals surface area contributed by atoms with E-state index in [0.717, 1.165) is 6.07 Å². The second-order valence-corrected chi connectivity index (χ2v) is 5.36. The largest absolute Gasteiger partial charge is 0.330 e. The minimum absolute atomic E-state index is 0.00601. The van der Waals surface area contributed by atoms with Crippen LogP contribution in [-0.2, 0) is 0 Å². The quantitative estimate of drug-likeness (QED) is 0.615. The van der Waals surface area contributed by atoms with Gasteiger partial charge in [0.1, 0.15) is 11.3 Å². The predicted octanol–water partition coefficient (Wildman–Crippen LogP) is 4.87. The summed E-state index contributed by atoms with van der Waals surface area (Å²) in [5, 5.41) is 0. The van der Waals surface area contributed by atoms with Gasteiger partial charge < -0.3 is 4.98 Å². The van der Waals surface area contributed by atoms with Crippen molar-refractivity contribution in [3.05, 3.63) is 57.0 Å². The fourth-order valence-corrected chi connectivity index (χ4v) is 2.68. The summed E-state index contributed by atoms with van der Waals surface area (Å²) in [6, 6.07) is 6.53. The summed E-state index contributed by atoms with van der Waals surface area (Å²) in [5.74, 6) is -2.43. The molecule has 1 heterocycles. The van der Waals surface area contributed by atoms with E-state index < -0.39 is 17.5 Å². The second kappa shape index (κ2) is 4.75. The minimum atomic E-state index is -1.00. The Hall–Kier alpha value is -1.60. The van der Waals surface area contributed by atoms with Gasteiger partial charge in [-0.05, 0) is 58.5 Å². The van der Waals surface area contributed by atoms with Crippen molar-refractivity contribution in [1.82, 2.24) is 9.55 Å². The molecule has 0 saturated carbocycles. The number of benzene rings is 2. The Labute approximate surface area is 125 Å². The number of hydrogen-bond donors (Lipinski definition) is 1. The van der Waals surface area contributed by atoms with Crippen LogP contribution >= 0.6 is 28.1 Å². The first-order chi connectivity index (χ1) is 9.49. The molecule has 0 unspecified atom stereocenters.